The quantitative estimate of drug-likeness (QED) is 0.802. The molecule has 0 saturated carbocycles. The molecule has 84 valence electrons. The molecule has 0 spiro atoms. The first kappa shape index (κ1) is 12.3. The number of nitrogens with two attached hydrogens (primary N) is 1. The van der Waals surface area contributed by atoms with E-state index in [0.29, 0.717) is 5.92 Å². The van der Waals surface area contributed by atoms with Gasteiger partial charge in [0.25, 0.3) is 0 Å². The maximum absolute atomic E-state index is 6.50. The topological polar surface area (TPSA) is 26.0 Å². The molecule has 1 atom stereocenters. The van der Waals surface area contributed by atoms with E-state index in [0.717, 1.165) is 6.42 Å². The molecule has 1 aromatic carbocycles. The van der Waals surface area contributed by atoms with Crippen LogP contribution in [0, 0.1) is 19.8 Å². The van der Waals surface area contributed by atoms with Crippen LogP contribution in [0.25, 0.3) is 0 Å². The highest BCUT2D eigenvalue weighted by molar-refractivity contribution is 5.33. The largest absolute Gasteiger partial charge is 0.321 e. The highest BCUT2D eigenvalue weighted by Gasteiger charge is 2.29. The van der Waals surface area contributed by atoms with Crippen molar-refractivity contribution in [2.45, 2.75) is 46.6 Å². The molecule has 0 aromatic heterocycles. The van der Waals surface area contributed by atoms with Gasteiger partial charge in [0.1, 0.15) is 0 Å². The molecular formula is C14H23N. The average Bonchev–Trinajstić information content (AvgIpc) is 2.14. The van der Waals surface area contributed by atoms with Crippen molar-refractivity contribution in [2.24, 2.45) is 11.7 Å². The lowest BCUT2D eigenvalue weighted by Crippen LogP contribution is -2.41. The van der Waals surface area contributed by atoms with Crippen molar-refractivity contribution < 1.29 is 0 Å². The van der Waals surface area contributed by atoms with E-state index in [4.69, 9.17) is 5.73 Å². The monoisotopic (exact) mass is 205 g/mol. The molecule has 1 heteroatoms. The molecule has 1 rings (SSSR count). The second-order valence-corrected chi connectivity index (χ2v) is 4.93. The van der Waals surface area contributed by atoms with Crippen molar-refractivity contribution in [3.05, 3.63) is 34.9 Å². The number of aryl methyl sites for hydroxylation is 2. The van der Waals surface area contributed by atoms with Crippen LogP contribution in [0.1, 0.15) is 43.9 Å². The Bertz CT molecular complexity index is 321. The van der Waals surface area contributed by atoms with Crippen LogP contribution in [0.2, 0.25) is 0 Å². The zero-order valence-electron chi connectivity index (χ0n) is 10.6. The predicted molar refractivity (Wildman–Crippen MR) is 66.9 cm³/mol. The lowest BCUT2D eigenvalue weighted by molar-refractivity contribution is 0.305. The summed E-state index contributed by atoms with van der Waals surface area (Å²) in [4.78, 5) is 0. The summed E-state index contributed by atoms with van der Waals surface area (Å²) < 4.78 is 0. The lowest BCUT2D eigenvalue weighted by Gasteiger charge is -2.33. The molecule has 0 radical (unpaired) electrons. The Morgan fingerprint density at radius 3 is 1.93 bits per heavy atom. The zero-order valence-corrected chi connectivity index (χ0v) is 10.6. The van der Waals surface area contributed by atoms with Gasteiger partial charge >= 0.3 is 0 Å². The van der Waals surface area contributed by atoms with E-state index < -0.39 is 0 Å². The molecular weight excluding hydrogens is 182 g/mol. The molecule has 1 aromatic rings. The number of benzene rings is 1. The summed E-state index contributed by atoms with van der Waals surface area (Å²) in [5.41, 5.74) is 10.2. The molecule has 0 amide bonds. The molecule has 15 heavy (non-hydrogen) atoms. The van der Waals surface area contributed by atoms with E-state index in [-0.39, 0.29) is 5.54 Å². The summed E-state index contributed by atoms with van der Waals surface area (Å²) in [5.74, 6) is 0.462. The van der Waals surface area contributed by atoms with Gasteiger partial charge in [0.05, 0.1) is 0 Å². The maximum Gasteiger partial charge on any atom is 0.0430 e. The Labute approximate surface area is 93.7 Å². The van der Waals surface area contributed by atoms with Crippen LogP contribution in [-0.2, 0) is 5.54 Å². The van der Waals surface area contributed by atoms with Crippen molar-refractivity contribution in [3.63, 3.8) is 0 Å². The SMILES string of the molecule is CCC(N)(c1cc(C)cc(C)c1)C(C)C. The molecule has 0 fully saturated rings. The van der Waals surface area contributed by atoms with E-state index in [1.54, 1.807) is 0 Å². The average molecular weight is 205 g/mol. The van der Waals surface area contributed by atoms with Crippen molar-refractivity contribution >= 4 is 0 Å². The van der Waals surface area contributed by atoms with Gasteiger partial charge < -0.3 is 5.73 Å². The van der Waals surface area contributed by atoms with Gasteiger partial charge in [0.2, 0.25) is 0 Å². The fourth-order valence-electron chi connectivity index (χ4n) is 2.19. The van der Waals surface area contributed by atoms with Gasteiger partial charge in [-0.25, -0.2) is 0 Å². The Morgan fingerprint density at radius 2 is 1.60 bits per heavy atom. The summed E-state index contributed by atoms with van der Waals surface area (Å²) in [6, 6.07) is 6.63. The molecule has 0 aliphatic carbocycles. The molecule has 1 unspecified atom stereocenters. The number of hydrogen-bond acceptors (Lipinski definition) is 1. The van der Waals surface area contributed by atoms with Crippen molar-refractivity contribution in [1.82, 2.24) is 0 Å². The van der Waals surface area contributed by atoms with Gasteiger partial charge in [0.15, 0.2) is 0 Å². The van der Waals surface area contributed by atoms with E-state index in [1.807, 2.05) is 0 Å². The van der Waals surface area contributed by atoms with Crippen molar-refractivity contribution in [1.29, 1.82) is 0 Å². The van der Waals surface area contributed by atoms with Gasteiger partial charge in [-0.1, -0.05) is 50.1 Å². The van der Waals surface area contributed by atoms with E-state index in [9.17, 15) is 0 Å². The Balaban J connectivity index is 3.23. The van der Waals surface area contributed by atoms with Crippen LogP contribution < -0.4 is 5.73 Å². The van der Waals surface area contributed by atoms with Crippen LogP contribution in [0.5, 0.6) is 0 Å². The van der Waals surface area contributed by atoms with Crippen LogP contribution in [0.3, 0.4) is 0 Å². The predicted octanol–water partition coefficient (Wildman–Crippen LogP) is 3.52. The Hall–Kier alpha value is -0.820. The normalized spacial score (nSPS) is 15.4. The van der Waals surface area contributed by atoms with Crippen LogP contribution in [0.15, 0.2) is 18.2 Å². The molecule has 0 saturated heterocycles. The van der Waals surface area contributed by atoms with Crippen LogP contribution in [0.4, 0.5) is 0 Å². The lowest BCUT2D eigenvalue weighted by atomic mass is 9.78. The Kier molecular flexibility index (Phi) is 3.56. The number of rotatable bonds is 3. The van der Waals surface area contributed by atoms with Gasteiger partial charge in [-0.3, -0.25) is 0 Å². The van der Waals surface area contributed by atoms with Crippen LogP contribution in [-0.4, -0.2) is 0 Å². The first-order valence-electron chi connectivity index (χ1n) is 5.77. The summed E-state index contributed by atoms with van der Waals surface area (Å²) in [6.07, 6.45) is 0.980. The smallest absolute Gasteiger partial charge is 0.0430 e. The Morgan fingerprint density at radius 1 is 1.13 bits per heavy atom. The van der Waals surface area contributed by atoms with E-state index >= 15 is 0 Å². The maximum atomic E-state index is 6.50. The highest BCUT2D eigenvalue weighted by Crippen LogP contribution is 2.31. The fourth-order valence-corrected chi connectivity index (χ4v) is 2.19. The molecule has 0 heterocycles. The second kappa shape index (κ2) is 4.36. The first-order chi connectivity index (χ1) is 6.90. The molecule has 2 N–H and O–H groups in total. The minimum absolute atomic E-state index is 0.184. The van der Waals surface area contributed by atoms with Gasteiger partial charge in [0, 0.05) is 5.54 Å². The zero-order chi connectivity index (χ0) is 11.6. The molecule has 0 aliphatic heterocycles. The van der Waals surface area contributed by atoms with Gasteiger partial charge in [-0.2, -0.15) is 0 Å². The third-order valence-corrected chi connectivity index (χ3v) is 3.37. The van der Waals surface area contributed by atoms with Crippen molar-refractivity contribution in [2.75, 3.05) is 0 Å². The third-order valence-electron chi connectivity index (χ3n) is 3.37. The van der Waals surface area contributed by atoms with E-state index in [1.165, 1.54) is 16.7 Å². The third kappa shape index (κ3) is 2.40. The minimum atomic E-state index is -0.184. The highest BCUT2D eigenvalue weighted by atomic mass is 14.7. The summed E-state index contributed by atoms with van der Waals surface area (Å²) in [6.45, 7) is 10.8. The molecule has 0 aliphatic rings. The van der Waals surface area contributed by atoms with Gasteiger partial charge in [-0.05, 0) is 31.7 Å². The molecule has 1 nitrogen and oxygen atoms in total. The first-order valence-corrected chi connectivity index (χ1v) is 5.77. The fraction of sp³-hybridized carbons (Fsp3) is 0.571. The van der Waals surface area contributed by atoms with E-state index in [2.05, 4.69) is 52.8 Å². The second-order valence-electron chi connectivity index (χ2n) is 4.93. The minimum Gasteiger partial charge on any atom is -0.321 e. The summed E-state index contributed by atoms with van der Waals surface area (Å²) >= 11 is 0. The molecule has 0 bridgehead atoms. The standard InChI is InChI=1S/C14H23N/c1-6-14(15,10(2)3)13-8-11(4)7-12(5)9-13/h7-10H,6,15H2,1-5H3. The summed E-state index contributed by atoms with van der Waals surface area (Å²) in [5, 5.41) is 0. The van der Waals surface area contributed by atoms with Gasteiger partial charge in [-0.15, -0.1) is 0 Å². The number of hydrogen-bond donors (Lipinski definition) is 1. The van der Waals surface area contributed by atoms with Crippen molar-refractivity contribution in [3.8, 4) is 0 Å². The summed E-state index contributed by atoms with van der Waals surface area (Å²) in [7, 11) is 0. The van der Waals surface area contributed by atoms with Crippen LogP contribution >= 0.6 is 0 Å².